The highest BCUT2D eigenvalue weighted by Gasteiger charge is 2.22. The molecule has 5 nitrogen and oxygen atoms in total. The van der Waals surface area contributed by atoms with Crippen LogP contribution >= 0.6 is 11.8 Å². The van der Waals surface area contributed by atoms with Gasteiger partial charge < -0.3 is 10.1 Å². The number of pyridine rings is 1. The summed E-state index contributed by atoms with van der Waals surface area (Å²) < 4.78 is 5.28. The van der Waals surface area contributed by atoms with E-state index in [1.807, 2.05) is 98.8 Å². The van der Waals surface area contributed by atoms with Crippen molar-refractivity contribution in [1.82, 2.24) is 4.98 Å². The van der Waals surface area contributed by atoms with E-state index in [0.29, 0.717) is 10.6 Å². The highest BCUT2D eigenvalue weighted by Crippen LogP contribution is 2.36. The summed E-state index contributed by atoms with van der Waals surface area (Å²) in [5, 5.41) is 13.1. The second kappa shape index (κ2) is 10.9. The number of hydrogen-bond acceptors (Lipinski definition) is 5. The lowest BCUT2D eigenvalue weighted by Crippen LogP contribution is -2.23. The van der Waals surface area contributed by atoms with Crippen LogP contribution in [0.3, 0.4) is 0 Å². The Bertz CT molecular complexity index is 1380. The summed E-state index contributed by atoms with van der Waals surface area (Å²) in [5.41, 5.74) is 5.53. The fourth-order valence-electron chi connectivity index (χ4n) is 3.64. The fraction of sp³-hybridized carbons (Fsp3) is 0.138. The number of aryl methyl sites for hydroxylation is 1. The van der Waals surface area contributed by atoms with Gasteiger partial charge in [-0.05, 0) is 61.4 Å². The molecule has 1 aromatic heterocycles. The van der Waals surface area contributed by atoms with E-state index in [-0.39, 0.29) is 5.91 Å². The molecule has 0 aliphatic rings. The molecule has 1 amide bonds. The van der Waals surface area contributed by atoms with Gasteiger partial charge in [-0.2, -0.15) is 5.26 Å². The molecule has 0 saturated heterocycles. The van der Waals surface area contributed by atoms with Gasteiger partial charge in [0.1, 0.15) is 16.8 Å². The first-order chi connectivity index (χ1) is 17.0. The van der Waals surface area contributed by atoms with E-state index >= 15 is 0 Å². The van der Waals surface area contributed by atoms with Crippen LogP contribution < -0.4 is 10.1 Å². The number of benzene rings is 3. The molecular formula is C29H25N3O2S. The van der Waals surface area contributed by atoms with Gasteiger partial charge in [0.05, 0.1) is 23.6 Å². The van der Waals surface area contributed by atoms with E-state index in [2.05, 4.69) is 11.4 Å². The molecule has 1 heterocycles. The molecule has 3 aromatic carbocycles. The highest BCUT2D eigenvalue weighted by molar-refractivity contribution is 8.00. The van der Waals surface area contributed by atoms with Crippen LogP contribution in [0.15, 0.2) is 90.0 Å². The van der Waals surface area contributed by atoms with Gasteiger partial charge in [0, 0.05) is 16.8 Å². The molecule has 0 radical (unpaired) electrons. The van der Waals surface area contributed by atoms with Gasteiger partial charge in [0.25, 0.3) is 0 Å². The zero-order chi connectivity index (χ0) is 24.8. The van der Waals surface area contributed by atoms with Crippen LogP contribution in [0.1, 0.15) is 18.1 Å². The van der Waals surface area contributed by atoms with Gasteiger partial charge in [0.2, 0.25) is 5.91 Å². The zero-order valence-corrected chi connectivity index (χ0v) is 20.6. The molecule has 0 spiro atoms. The number of carbonyl (C=O) groups is 1. The largest absolute Gasteiger partial charge is 0.497 e. The van der Waals surface area contributed by atoms with Crippen molar-refractivity contribution in [2.45, 2.75) is 24.1 Å². The van der Waals surface area contributed by atoms with Crippen molar-refractivity contribution < 1.29 is 9.53 Å². The quantitative estimate of drug-likeness (QED) is 0.298. The van der Waals surface area contributed by atoms with Crippen molar-refractivity contribution in [1.29, 1.82) is 5.26 Å². The maximum atomic E-state index is 13.0. The zero-order valence-electron chi connectivity index (χ0n) is 19.8. The Hall–Kier alpha value is -4.08. The minimum absolute atomic E-state index is 0.147. The first-order valence-corrected chi connectivity index (χ1v) is 12.1. The first kappa shape index (κ1) is 24.1. The second-order valence-electron chi connectivity index (χ2n) is 8.01. The van der Waals surface area contributed by atoms with Crippen LogP contribution in [0.25, 0.3) is 22.4 Å². The molecule has 4 aromatic rings. The summed E-state index contributed by atoms with van der Waals surface area (Å²) in [6.45, 7) is 3.77. The number of aromatic nitrogens is 1. The van der Waals surface area contributed by atoms with Gasteiger partial charge in [-0.3, -0.25) is 4.79 Å². The number of ether oxygens (including phenoxy) is 1. The number of para-hydroxylation sites is 1. The predicted molar refractivity (Wildman–Crippen MR) is 142 cm³/mol. The fourth-order valence-corrected chi connectivity index (χ4v) is 4.56. The third-order valence-corrected chi connectivity index (χ3v) is 6.72. The SMILES string of the molecule is COc1ccc(-c2cc(-c3ccccc3)c(C#N)c(S[C@@H](C)C(=O)Nc3ccccc3C)n2)cc1. The molecule has 35 heavy (non-hydrogen) atoms. The summed E-state index contributed by atoms with van der Waals surface area (Å²) in [7, 11) is 1.63. The first-order valence-electron chi connectivity index (χ1n) is 11.2. The minimum atomic E-state index is -0.469. The van der Waals surface area contributed by atoms with E-state index in [1.54, 1.807) is 7.11 Å². The molecule has 4 rings (SSSR count). The molecule has 1 atom stereocenters. The number of anilines is 1. The number of amides is 1. The lowest BCUT2D eigenvalue weighted by atomic mass is 9.99. The molecule has 0 aliphatic heterocycles. The van der Waals surface area contributed by atoms with E-state index in [9.17, 15) is 10.1 Å². The Balaban J connectivity index is 1.73. The van der Waals surface area contributed by atoms with Gasteiger partial charge in [0.15, 0.2) is 0 Å². The molecular weight excluding hydrogens is 454 g/mol. The molecule has 0 aliphatic carbocycles. The normalized spacial score (nSPS) is 11.4. The number of methoxy groups -OCH3 is 1. The Labute approximate surface area is 209 Å². The van der Waals surface area contributed by atoms with Crippen molar-refractivity contribution >= 4 is 23.4 Å². The second-order valence-corrected chi connectivity index (χ2v) is 9.34. The summed E-state index contributed by atoms with van der Waals surface area (Å²) in [4.78, 5) is 17.8. The standard InChI is InChI=1S/C29H25N3O2S/c1-19-9-7-8-12-26(19)31-28(33)20(2)35-29-25(18-30)24(21-10-5-4-6-11-21)17-27(32-29)22-13-15-23(34-3)16-14-22/h4-17,20H,1-3H3,(H,31,33)/t20-/m0/s1. The van der Waals surface area contributed by atoms with E-state index in [1.165, 1.54) is 11.8 Å². The maximum Gasteiger partial charge on any atom is 0.237 e. The minimum Gasteiger partial charge on any atom is -0.497 e. The van der Waals surface area contributed by atoms with Crippen molar-refractivity contribution in [3.8, 4) is 34.2 Å². The van der Waals surface area contributed by atoms with Gasteiger partial charge in [-0.15, -0.1) is 0 Å². The third kappa shape index (κ3) is 5.53. The van der Waals surface area contributed by atoms with Gasteiger partial charge in [-0.1, -0.05) is 60.3 Å². The van der Waals surface area contributed by atoms with Crippen molar-refractivity contribution in [3.63, 3.8) is 0 Å². The lowest BCUT2D eigenvalue weighted by Gasteiger charge is -2.16. The van der Waals surface area contributed by atoms with Crippen molar-refractivity contribution in [2.24, 2.45) is 0 Å². The Morgan fingerprint density at radius 1 is 1.00 bits per heavy atom. The summed E-state index contributed by atoms with van der Waals surface area (Å²) in [6, 6.07) is 29.3. The molecule has 1 N–H and O–H groups in total. The average Bonchev–Trinajstić information content (AvgIpc) is 2.90. The molecule has 0 bridgehead atoms. The summed E-state index contributed by atoms with van der Waals surface area (Å²) in [5.74, 6) is 0.605. The van der Waals surface area contributed by atoms with E-state index < -0.39 is 5.25 Å². The Morgan fingerprint density at radius 3 is 2.34 bits per heavy atom. The van der Waals surface area contributed by atoms with E-state index in [4.69, 9.17) is 9.72 Å². The monoisotopic (exact) mass is 479 g/mol. The maximum absolute atomic E-state index is 13.0. The smallest absolute Gasteiger partial charge is 0.237 e. The Morgan fingerprint density at radius 2 is 1.69 bits per heavy atom. The highest BCUT2D eigenvalue weighted by atomic mass is 32.2. The number of hydrogen-bond donors (Lipinski definition) is 1. The summed E-state index contributed by atoms with van der Waals surface area (Å²) >= 11 is 1.28. The topological polar surface area (TPSA) is 75.0 Å². The number of nitrogens with one attached hydrogen (secondary N) is 1. The number of rotatable bonds is 7. The van der Waals surface area contributed by atoms with Gasteiger partial charge in [-0.25, -0.2) is 4.98 Å². The van der Waals surface area contributed by atoms with Gasteiger partial charge >= 0.3 is 0 Å². The summed E-state index contributed by atoms with van der Waals surface area (Å²) in [6.07, 6.45) is 0. The average molecular weight is 480 g/mol. The molecule has 174 valence electrons. The number of carbonyl (C=O) groups excluding carboxylic acids is 1. The molecule has 0 fully saturated rings. The molecule has 0 unspecified atom stereocenters. The van der Waals surface area contributed by atoms with Crippen LogP contribution in [0, 0.1) is 18.3 Å². The number of thioether (sulfide) groups is 1. The van der Waals surface area contributed by atoms with Crippen molar-refractivity contribution in [2.75, 3.05) is 12.4 Å². The molecule has 6 heteroatoms. The van der Waals surface area contributed by atoms with Crippen LogP contribution in [0.5, 0.6) is 5.75 Å². The number of nitrogens with zero attached hydrogens (tertiary/aromatic N) is 2. The van der Waals surface area contributed by atoms with Crippen LogP contribution in [-0.4, -0.2) is 23.3 Å². The van der Waals surface area contributed by atoms with Crippen molar-refractivity contribution in [3.05, 3.63) is 96.1 Å². The predicted octanol–water partition coefficient (Wildman–Crippen LogP) is 6.72. The van der Waals surface area contributed by atoms with Crippen LogP contribution in [0.4, 0.5) is 5.69 Å². The lowest BCUT2D eigenvalue weighted by molar-refractivity contribution is -0.115. The Kier molecular flexibility index (Phi) is 7.49. The van der Waals surface area contributed by atoms with E-state index in [0.717, 1.165) is 39.4 Å². The molecule has 0 saturated carbocycles. The van der Waals surface area contributed by atoms with Crippen LogP contribution in [-0.2, 0) is 4.79 Å². The van der Waals surface area contributed by atoms with Crippen LogP contribution in [0.2, 0.25) is 0 Å². The number of nitriles is 1. The third-order valence-electron chi connectivity index (χ3n) is 5.63.